The summed E-state index contributed by atoms with van der Waals surface area (Å²) in [6.07, 6.45) is 9.39. The normalized spacial score (nSPS) is 35.0. The van der Waals surface area contributed by atoms with Crippen molar-refractivity contribution in [3.63, 3.8) is 0 Å². The van der Waals surface area contributed by atoms with E-state index in [1.54, 1.807) is 18.3 Å². The molecule has 5 rings (SSSR count). The number of carbonyl (C=O) groups is 3. The summed E-state index contributed by atoms with van der Waals surface area (Å²) in [4.78, 5) is 41.5. The van der Waals surface area contributed by atoms with Crippen LogP contribution < -0.4 is 5.43 Å². The number of amides is 3. The second-order valence-corrected chi connectivity index (χ2v) is 6.92. The quantitative estimate of drug-likeness (QED) is 0.651. The highest BCUT2D eigenvalue weighted by atomic mass is 16.2. The number of nitrogens with zero attached hydrogens (tertiary/aromatic N) is 2. The Hall–Kier alpha value is -2.50. The lowest BCUT2D eigenvalue weighted by Gasteiger charge is -2.21. The van der Waals surface area contributed by atoms with Gasteiger partial charge < -0.3 is 0 Å². The molecule has 3 fully saturated rings. The molecule has 1 aromatic heterocycles. The number of carbonyl (C=O) groups excluding carboxylic acids is 3. The van der Waals surface area contributed by atoms with Crippen molar-refractivity contribution in [2.24, 2.45) is 29.1 Å². The van der Waals surface area contributed by atoms with Crippen LogP contribution in [-0.2, 0) is 9.59 Å². The first-order valence-electron chi connectivity index (χ1n) is 7.91. The van der Waals surface area contributed by atoms with E-state index in [0.29, 0.717) is 5.56 Å². The molecule has 1 saturated heterocycles. The summed E-state index contributed by atoms with van der Waals surface area (Å²) in [5.74, 6) is -1.28. The number of nitrogens with one attached hydrogen (secondary N) is 1. The van der Waals surface area contributed by atoms with Gasteiger partial charge in [0.1, 0.15) is 0 Å². The average molecular weight is 309 g/mol. The summed E-state index contributed by atoms with van der Waals surface area (Å²) >= 11 is 0. The Labute approximate surface area is 132 Å². The predicted molar refractivity (Wildman–Crippen MR) is 78.3 cm³/mol. The van der Waals surface area contributed by atoms with E-state index in [2.05, 4.69) is 22.6 Å². The first kappa shape index (κ1) is 13.0. The van der Waals surface area contributed by atoms with Crippen molar-refractivity contribution in [1.82, 2.24) is 15.4 Å². The fourth-order valence-electron chi connectivity index (χ4n) is 4.85. The Bertz CT molecular complexity index is 735. The van der Waals surface area contributed by atoms with Crippen LogP contribution in [0.2, 0.25) is 0 Å². The standard InChI is InChI=1S/C17H15N3O3/c21-14(9-2-1-7-18-8-9)19-20-15(22)12-10-3-4-11(13(12)16(20)23)17(10)5-6-17/h1-4,7-8,10-13H,5-6H2,(H,19,21)/t10-,11+,12+,13-. The number of aromatic nitrogens is 1. The summed E-state index contributed by atoms with van der Waals surface area (Å²) in [6.45, 7) is 0. The first-order valence-corrected chi connectivity index (χ1v) is 7.91. The molecule has 116 valence electrons. The zero-order chi connectivity index (χ0) is 15.8. The van der Waals surface area contributed by atoms with Crippen LogP contribution >= 0.6 is 0 Å². The van der Waals surface area contributed by atoms with E-state index in [4.69, 9.17) is 0 Å². The molecule has 3 aliphatic carbocycles. The van der Waals surface area contributed by atoms with Crippen LogP contribution in [-0.4, -0.2) is 27.7 Å². The van der Waals surface area contributed by atoms with Crippen LogP contribution in [0.25, 0.3) is 0 Å². The molecular formula is C17H15N3O3. The zero-order valence-corrected chi connectivity index (χ0v) is 12.3. The molecule has 2 saturated carbocycles. The number of hydrogen-bond acceptors (Lipinski definition) is 4. The molecule has 3 amide bonds. The molecule has 0 radical (unpaired) electrons. The second kappa shape index (κ2) is 4.07. The Balaban J connectivity index is 1.42. The number of hydrogen-bond donors (Lipinski definition) is 1. The molecule has 1 spiro atoms. The van der Waals surface area contributed by atoms with Crippen molar-refractivity contribution in [3.8, 4) is 0 Å². The zero-order valence-electron chi connectivity index (χ0n) is 12.3. The van der Waals surface area contributed by atoms with Gasteiger partial charge in [-0.3, -0.25) is 24.8 Å². The molecule has 2 bridgehead atoms. The Kier molecular flexibility index (Phi) is 2.30. The van der Waals surface area contributed by atoms with Gasteiger partial charge in [-0.1, -0.05) is 12.2 Å². The molecule has 0 aromatic carbocycles. The third-order valence-electron chi connectivity index (χ3n) is 5.99. The maximum absolute atomic E-state index is 12.7. The van der Waals surface area contributed by atoms with Crippen molar-refractivity contribution in [2.75, 3.05) is 0 Å². The van der Waals surface area contributed by atoms with Crippen LogP contribution in [0.15, 0.2) is 36.7 Å². The van der Waals surface area contributed by atoms with E-state index in [0.717, 1.165) is 17.9 Å². The van der Waals surface area contributed by atoms with E-state index < -0.39 is 5.91 Å². The SMILES string of the molecule is O=C(NN1C(=O)[C@@H]2[C@H](C1=O)[C@@H]1C=C[C@H]2C12CC2)c1cccnc1. The minimum absolute atomic E-state index is 0.161. The molecule has 6 heteroatoms. The molecule has 2 heterocycles. The van der Waals surface area contributed by atoms with Crippen molar-refractivity contribution in [1.29, 1.82) is 0 Å². The summed E-state index contributed by atoms with van der Waals surface area (Å²) < 4.78 is 0. The Morgan fingerprint density at radius 3 is 2.35 bits per heavy atom. The highest BCUT2D eigenvalue weighted by Gasteiger charge is 2.73. The smallest absolute Gasteiger partial charge is 0.271 e. The number of pyridine rings is 1. The number of imide groups is 1. The van der Waals surface area contributed by atoms with Crippen LogP contribution in [0.4, 0.5) is 0 Å². The molecule has 23 heavy (non-hydrogen) atoms. The van der Waals surface area contributed by atoms with Crippen LogP contribution in [0, 0.1) is 29.1 Å². The van der Waals surface area contributed by atoms with Gasteiger partial charge in [0.15, 0.2) is 0 Å². The van der Waals surface area contributed by atoms with Gasteiger partial charge in [0, 0.05) is 12.4 Å². The average Bonchev–Trinajstić information content (AvgIpc) is 3.18. The summed E-state index contributed by atoms with van der Waals surface area (Å²) in [5.41, 5.74) is 2.96. The van der Waals surface area contributed by atoms with Gasteiger partial charge in [0.25, 0.3) is 17.7 Å². The number of fused-ring (bicyclic) bond motifs is 3. The Morgan fingerprint density at radius 1 is 1.17 bits per heavy atom. The molecule has 1 aliphatic heterocycles. The van der Waals surface area contributed by atoms with E-state index in [-0.39, 0.29) is 40.9 Å². The van der Waals surface area contributed by atoms with Gasteiger partial charge in [-0.05, 0) is 42.2 Å². The lowest BCUT2D eigenvalue weighted by Crippen LogP contribution is -2.47. The predicted octanol–water partition coefficient (Wildman–Crippen LogP) is 0.924. The first-order chi connectivity index (χ1) is 11.1. The van der Waals surface area contributed by atoms with E-state index in [1.165, 1.54) is 6.20 Å². The fraction of sp³-hybridized carbons (Fsp3) is 0.412. The minimum atomic E-state index is -0.485. The maximum Gasteiger partial charge on any atom is 0.271 e. The second-order valence-electron chi connectivity index (χ2n) is 6.92. The van der Waals surface area contributed by atoms with Gasteiger partial charge in [-0.25, -0.2) is 0 Å². The third kappa shape index (κ3) is 1.48. The molecule has 0 unspecified atom stereocenters. The topological polar surface area (TPSA) is 79.4 Å². The highest BCUT2D eigenvalue weighted by Crippen LogP contribution is 2.73. The maximum atomic E-state index is 12.7. The van der Waals surface area contributed by atoms with Crippen molar-refractivity contribution in [2.45, 2.75) is 12.8 Å². The highest BCUT2D eigenvalue weighted by molar-refractivity contribution is 6.09. The Morgan fingerprint density at radius 2 is 1.83 bits per heavy atom. The number of allylic oxidation sites excluding steroid dienone is 2. The van der Waals surface area contributed by atoms with Crippen molar-refractivity contribution < 1.29 is 14.4 Å². The van der Waals surface area contributed by atoms with Gasteiger partial charge in [0.05, 0.1) is 17.4 Å². The molecule has 1 N–H and O–H groups in total. The fourth-order valence-corrected chi connectivity index (χ4v) is 4.85. The minimum Gasteiger partial charge on any atom is -0.272 e. The lowest BCUT2D eigenvalue weighted by molar-refractivity contribution is -0.144. The van der Waals surface area contributed by atoms with E-state index >= 15 is 0 Å². The van der Waals surface area contributed by atoms with Gasteiger partial charge >= 0.3 is 0 Å². The van der Waals surface area contributed by atoms with Crippen LogP contribution in [0.1, 0.15) is 23.2 Å². The van der Waals surface area contributed by atoms with E-state index in [9.17, 15) is 14.4 Å². The lowest BCUT2D eigenvalue weighted by atomic mass is 9.85. The molecule has 4 aliphatic rings. The largest absolute Gasteiger partial charge is 0.272 e. The number of hydrazine groups is 1. The van der Waals surface area contributed by atoms with Crippen molar-refractivity contribution in [3.05, 3.63) is 42.2 Å². The van der Waals surface area contributed by atoms with Crippen LogP contribution in [0.5, 0.6) is 0 Å². The summed E-state index contributed by atoms with van der Waals surface area (Å²) in [5, 5.41) is 0.937. The molecule has 1 aromatic rings. The monoisotopic (exact) mass is 309 g/mol. The summed E-state index contributed by atoms with van der Waals surface area (Å²) in [6, 6.07) is 3.23. The van der Waals surface area contributed by atoms with Gasteiger partial charge in [-0.2, -0.15) is 5.01 Å². The molecular weight excluding hydrogens is 294 g/mol. The van der Waals surface area contributed by atoms with E-state index in [1.807, 2.05) is 0 Å². The van der Waals surface area contributed by atoms with Gasteiger partial charge in [0.2, 0.25) is 0 Å². The molecule has 6 nitrogen and oxygen atoms in total. The van der Waals surface area contributed by atoms with Crippen LogP contribution in [0.3, 0.4) is 0 Å². The molecule has 4 atom stereocenters. The summed E-state index contributed by atoms with van der Waals surface area (Å²) in [7, 11) is 0. The third-order valence-corrected chi connectivity index (χ3v) is 5.99. The van der Waals surface area contributed by atoms with Gasteiger partial charge in [-0.15, -0.1) is 0 Å². The number of rotatable bonds is 2. The van der Waals surface area contributed by atoms with Crippen molar-refractivity contribution >= 4 is 17.7 Å².